The third-order valence-electron chi connectivity index (χ3n) is 3.79. The molecule has 1 aliphatic carbocycles. The molecule has 0 heterocycles. The van der Waals surface area contributed by atoms with Crippen molar-refractivity contribution in [1.82, 2.24) is 5.32 Å². The molecule has 2 unspecified atom stereocenters. The standard InChI is InChI=1S/C15H20FNOS/c1-10-3-2-4-11(6-5-10)17-15(18)13-9-12(19)7-8-14(13)16/h7-11,19H,2-6H2,1H3,(H,17,18). The lowest BCUT2D eigenvalue weighted by atomic mass is 10.0. The molecule has 1 aromatic carbocycles. The first-order valence-electron chi connectivity index (χ1n) is 6.85. The Balaban J connectivity index is 2.02. The Morgan fingerprint density at radius 1 is 1.32 bits per heavy atom. The van der Waals surface area contributed by atoms with E-state index in [9.17, 15) is 9.18 Å². The predicted octanol–water partition coefficient (Wildman–Crippen LogP) is 3.81. The molecule has 0 spiro atoms. The van der Waals surface area contributed by atoms with Crippen molar-refractivity contribution >= 4 is 18.5 Å². The maximum absolute atomic E-state index is 13.6. The van der Waals surface area contributed by atoms with Gasteiger partial charge in [-0.05, 0) is 43.4 Å². The van der Waals surface area contributed by atoms with Gasteiger partial charge in [0.15, 0.2) is 0 Å². The van der Waals surface area contributed by atoms with Crippen molar-refractivity contribution in [3.63, 3.8) is 0 Å². The molecule has 1 amide bonds. The molecule has 1 saturated carbocycles. The summed E-state index contributed by atoms with van der Waals surface area (Å²) >= 11 is 4.14. The molecule has 1 fully saturated rings. The quantitative estimate of drug-likeness (QED) is 0.626. The average molecular weight is 281 g/mol. The summed E-state index contributed by atoms with van der Waals surface area (Å²) in [4.78, 5) is 12.7. The van der Waals surface area contributed by atoms with E-state index in [0.29, 0.717) is 4.90 Å². The first-order chi connectivity index (χ1) is 9.06. The molecule has 1 N–H and O–H groups in total. The Morgan fingerprint density at radius 2 is 2.11 bits per heavy atom. The van der Waals surface area contributed by atoms with Gasteiger partial charge in [0.2, 0.25) is 0 Å². The highest BCUT2D eigenvalue weighted by Crippen LogP contribution is 2.23. The number of benzene rings is 1. The number of carbonyl (C=O) groups excluding carboxylic acids is 1. The highest BCUT2D eigenvalue weighted by molar-refractivity contribution is 7.80. The Bertz CT molecular complexity index is 463. The second kappa shape index (κ2) is 6.42. The molecule has 0 radical (unpaired) electrons. The average Bonchev–Trinajstić information content (AvgIpc) is 2.57. The van der Waals surface area contributed by atoms with Gasteiger partial charge < -0.3 is 5.32 Å². The van der Waals surface area contributed by atoms with E-state index in [1.165, 1.54) is 18.6 Å². The highest BCUT2D eigenvalue weighted by Gasteiger charge is 2.20. The number of amides is 1. The van der Waals surface area contributed by atoms with E-state index in [-0.39, 0.29) is 17.5 Å². The van der Waals surface area contributed by atoms with Crippen LogP contribution in [-0.2, 0) is 0 Å². The lowest BCUT2D eigenvalue weighted by Crippen LogP contribution is -2.35. The zero-order chi connectivity index (χ0) is 13.8. The van der Waals surface area contributed by atoms with Crippen LogP contribution in [0.5, 0.6) is 0 Å². The summed E-state index contributed by atoms with van der Waals surface area (Å²) in [5.41, 5.74) is 0.0878. The van der Waals surface area contributed by atoms with E-state index in [0.717, 1.165) is 31.6 Å². The summed E-state index contributed by atoms with van der Waals surface area (Å²) in [5, 5.41) is 2.95. The van der Waals surface area contributed by atoms with Crippen molar-refractivity contribution in [2.75, 3.05) is 0 Å². The molecular formula is C15H20FNOS. The SMILES string of the molecule is CC1CCCC(NC(=O)c2cc(S)ccc2F)CC1. The van der Waals surface area contributed by atoms with Gasteiger partial charge in [0.05, 0.1) is 5.56 Å². The smallest absolute Gasteiger partial charge is 0.254 e. The largest absolute Gasteiger partial charge is 0.349 e. The van der Waals surface area contributed by atoms with Crippen molar-refractivity contribution in [1.29, 1.82) is 0 Å². The minimum Gasteiger partial charge on any atom is -0.349 e. The lowest BCUT2D eigenvalue weighted by molar-refractivity contribution is 0.0929. The molecule has 4 heteroatoms. The molecule has 19 heavy (non-hydrogen) atoms. The second-order valence-electron chi connectivity index (χ2n) is 5.45. The van der Waals surface area contributed by atoms with Crippen LogP contribution in [-0.4, -0.2) is 11.9 Å². The summed E-state index contributed by atoms with van der Waals surface area (Å²) in [6.07, 6.45) is 5.43. The van der Waals surface area contributed by atoms with Crippen molar-refractivity contribution in [3.05, 3.63) is 29.6 Å². The second-order valence-corrected chi connectivity index (χ2v) is 5.96. The Hall–Kier alpha value is -1.03. The predicted molar refractivity (Wildman–Crippen MR) is 77.2 cm³/mol. The lowest BCUT2D eigenvalue weighted by Gasteiger charge is -2.16. The van der Waals surface area contributed by atoms with Gasteiger partial charge in [0.25, 0.3) is 5.91 Å². The fourth-order valence-electron chi connectivity index (χ4n) is 2.58. The van der Waals surface area contributed by atoms with Gasteiger partial charge in [0, 0.05) is 10.9 Å². The van der Waals surface area contributed by atoms with Crippen molar-refractivity contribution in [3.8, 4) is 0 Å². The maximum Gasteiger partial charge on any atom is 0.254 e. The summed E-state index contributed by atoms with van der Waals surface area (Å²) < 4.78 is 13.6. The van der Waals surface area contributed by atoms with Crippen LogP contribution in [0.4, 0.5) is 4.39 Å². The van der Waals surface area contributed by atoms with Crippen LogP contribution < -0.4 is 5.32 Å². The van der Waals surface area contributed by atoms with E-state index in [1.54, 1.807) is 6.07 Å². The van der Waals surface area contributed by atoms with E-state index < -0.39 is 5.82 Å². The van der Waals surface area contributed by atoms with E-state index in [1.807, 2.05) is 0 Å². The van der Waals surface area contributed by atoms with Crippen LogP contribution >= 0.6 is 12.6 Å². The summed E-state index contributed by atoms with van der Waals surface area (Å²) in [6, 6.07) is 4.47. The Morgan fingerprint density at radius 3 is 2.89 bits per heavy atom. The molecule has 0 saturated heterocycles. The number of halogens is 1. The molecule has 2 rings (SSSR count). The molecule has 0 aliphatic heterocycles. The van der Waals surface area contributed by atoms with Crippen molar-refractivity contribution in [2.24, 2.45) is 5.92 Å². The molecule has 0 bridgehead atoms. The van der Waals surface area contributed by atoms with Gasteiger partial charge >= 0.3 is 0 Å². The Kier molecular flexibility index (Phi) is 4.86. The number of hydrogen-bond donors (Lipinski definition) is 2. The molecule has 2 atom stereocenters. The topological polar surface area (TPSA) is 29.1 Å². The van der Waals surface area contributed by atoms with E-state index in [2.05, 4.69) is 24.9 Å². The van der Waals surface area contributed by atoms with Gasteiger partial charge in [-0.1, -0.05) is 19.8 Å². The summed E-state index contributed by atoms with van der Waals surface area (Å²) in [7, 11) is 0. The highest BCUT2D eigenvalue weighted by atomic mass is 32.1. The first kappa shape index (κ1) is 14.4. The fourth-order valence-corrected chi connectivity index (χ4v) is 2.79. The van der Waals surface area contributed by atoms with E-state index in [4.69, 9.17) is 0 Å². The monoisotopic (exact) mass is 281 g/mol. The number of carbonyl (C=O) groups is 1. The normalized spacial score (nSPS) is 23.7. The van der Waals surface area contributed by atoms with Crippen LogP contribution in [0.15, 0.2) is 23.1 Å². The summed E-state index contributed by atoms with van der Waals surface area (Å²) in [5.74, 6) is -0.0929. The van der Waals surface area contributed by atoms with Crippen molar-refractivity contribution < 1.29 is 9.18 Å². The molecule has 0 aromatic heterocycles. The summed E-state index contributed by atoms with van der Waals surface area (Å²) in [6.45, 7) is 2.24. The minimum atomic E-state index is -0.489. The molecule has 1 aliphatic rings. The third-order valence-corrected chi connectivity index (χ3v) is 4.07. The van der Waals surface area contributed by atoms with Crippen LogP contribution in [0, 0.1) is 11.7 Å². The minimum absolute atomic E-state index is 0.0878. The zero-order valence-corrected chi connectivity index (χ0v) is 12.1. The number of hydrogen-bond acceptors (Lipinski definition) is 2. The maximum atomic E-state index is 13.6. The zero-order valence-electron chi connectivity index (χ0n) is 11.2. The van der Waals surface area contributed by atoms with E-state index >= 15 is 0 Å². The van der Waals surface area contributed by atoms with Gasteiger partial charge in [-0.3, -0.25) is 4.79 Å². The van der Waals surface area contributed by atoms with Crippen LogP contribution in [0.3, 0.4) is 0 Å². The number of nitrogens with one attached hydrogen (secondary N) is 1. The van der Waals surface area contributed by atoms with Crippen LogP contribution in [0.2, 0.25) is 0 Å². The molecule has 1 aromatic rings. The third kappa shape index (κ3) is 3.96. The molecular weight excluding hydrogens is 261 g/mol. The van der Waals surface area contributed by atoms with Gasteiger partial charge in [-0.25, -0.2) is 4.39 Å². The van der Waals surface area contributed by atoms with Gasteiger partial charge in [-0.15, -0.1) is 12.6 Å². The van der Waals surface area contributed by atoms with Crippen LogP contribution in [0.25, 0.3) is 0 Å². The fraction of sp³-hybridized carbons (Fsp3) is 0.533. The van der Waals surface area contributed by atoms with Gasteiger partial charge in [0.1, 0.15) is 5.82 Å². The van der Waals surface area contributed by atoms with Crippen LogP contribution in [0.1, 0.15) is 49.4 Å². The number of rotatable bonds is 2. The van der Waals surface area contributed by atoms with Gasteiger partial charge in [-0.2, -0.15) is 0 Å². The first-order valence-corrected chi connectivity index (χ1v) is 7.30. The Labute approximate surface area is 119 Å². The molecule has 104 valence electrons. The number of thiol groups is 1. The van der Waals surface area contributed by atoms with Crippen molar-refractivity contribution in [2.45, 2.75) is 50.0 Å². The molecule has 2 nitrogen and oxygen atoms in total.